The summed E-state index contributed by atoms with van der Waals surface area (Å²) in [7, 11) is -3.94. The lowest BCUT2D eigenvalue weighted by molar-refractivity contribution is 0.585. The zero-order chi connectivity index (χ0) is 17.9. The standard InChI is InChI=1S/C19H15F2NO2S/c20-16-10-12-17(13-11-16)22(14-15-6-4-5-9-19(15)21)25(23,24)18-7-2-1-3-8-18/h1-13H,14H2. The number of hydrogen-bond acceptors (Lipinski definition) is 2. The Morgan fingerprint density at radius 3 is 2.00 bits per heavy atom. The number of hydrogen-bond donors (Lipinski definition) is 0. The fourth-order valence-electron chi connectivity index (χ4n) is 2.42. The highest BCUT2D eigenvalue weighted by molar-refractivity contribution is 7.92. The van der Waals surface area contributed by atoms with Crippen molar-refractivity contribution < 1.29 is 17.2 Å². The van der Waals surface area contributed by atoms with Crippen LogP contribution >= 0.6 is 0 Å². The third kappa shape index (κ3) is 3.69. The zero-order valence-corrected chi connectivity index (χ0v) is 14.0. The molecule has 0 N–H and O–H groups in total. The summed E-state index contributed by atoms with van der Waals surface area (Å²) in [5.41, 5.74) is 0.486. The van der Waals surface area contributed by atoms with Crippen molar-refractivity contribution >= 4 is 15.7 Å². The molecule has 0 atom stereocenters. The smallest absolute Gasteiger partial charge is 0.262 e. The number of rotatable bonds is 5. The summed E-state index contributed by atoms with van der Waals surface area (Å²) in [4.78, 5) is 0.0793. The van der Waals surface area contributed by atoms with E-state index < -0.39 is 21.7 Å². The lowest BCUT2D eigenvalue weighted by Gasteiger charge is -2.25. The number of halogens is 2. The molecular formula is C19H15F2NO2S. The van der Waals surface area contributed by atoms with E-state index in [-0.39, 0.29) is 22.7 Å². The minimum Gasteiger partial charge on any atom is -0.262 e. The molecule has 3 nitrogen and oxygen atoms in total. The van der Waals surface area contributed by atoms with Crippen LogP contribution in [0.4, 0.5) is 14.5 Å². The van der Waals surface area contributed by atoms with Gasteiger partial charge in [0.15, 0.2) is 0 Å². The van der Waals surface area contributed by atoms with E-state index in [1.165, 1.54) is 54.6 Å². The SMILES string of the molecule is O=S(=O)(c1ccccc1)N(Cc1ccccc1F)c1ccc(F)cc1. The normalized spacial score (nSPS) is 11.3. The first kappa shape index (κ1) is 17.1. The average Bonchev–Trinajstić information content (AvgIpc) is 2.62. The molecule has 0 saturated carbocycles. The molecule has 3 aromatic carbocycles. The van der Waals surface area contributed by atoms with Crippen LogP contribution in [-0.2, 0) is 16.6 Å². The number of sulfonamides is 1. The first-order valence-corrected chi connectivity index (χ1v) is 8.99. The summed E-state index contributed by atoms with van der Waals surface area (Å²) in [5, 5.41) is 0. The number of anilines is 1. The van der Waals surface area contributed by atoms with Gasteiger partial charge in [-0.3, -0.25) is 4.31 Å². The molecule has 0 saturated heterocycles. The van der Waals surface area contributed by atoms with Crippen LogP contribution in [0.5, 0.6) is 0 Å². The highest BCUT2D eigenvalue weighted by Gasteiger charge is 2.25. The van der Waals surface area contributed by atoms with Crippen LogP contribution in [0.3, 0.4) is 0 Å². The van der Waals surface area contributed by atoms with Crippen molar-refractivity contribution in [1.82, 2.24) is 0 Å². The molecule has 128 valence electrons. The van der Waals surface area contributed by atoms with Crippen LogP contribution in [0.1, 0.15) is 5.56 Å². The van der Waals surface area contributed by atoms with Crippen molar-refractivity contribution in [3.05, 3.63) is 96.1 Å². The Morgan fingerprint density at radius 2 is 1.36 bits per heavy atom. The predicted molar refractivity (Wildman–Crippen MR) is 92.6 cm³/mol. The quantitative estimate of drug-likeness (QED) is 0.679. The van der Waals surface area contributed by atoms with Crippen molar-refractivity contribution in [2.75, 3.05) is 4.31 Å². The lowest BCUT2D eigenvalue weighted by Crippen LogP contribution is -2.31. The van der Waals surface area contributed by atoms with E-state index >= 15 is 0 Å². The van der Waals surface area contributed by atoms with Crippen LogP contribution in [0, 0.1) is 11.6 Å². The van der Waals surface area contributed by atoms with Gasteiger partial charge in [-0.25, -0.2) is 17.2 Å². The molecule has 0 unspecified atom stereocenters. The molecular weight excluding hydrogens is 344 g/mol. The molecule has 0 aliphatic heterocycles. The summed E-state index contributed by atoms with van der Waals surface area (Å²) in [5.74, 6) is -0.982. The van der Waals surface area contributed by atoms with Crippen LogP contribution < -0.4 is 4.31 Å². The highest BCUT2D eigenvalue weighted by Crippen LogP contribution is 2.26. The third-order valence-electron chi connectivity index (χ3n) is 3.72. The highest BCUT2D eigenvalue weighted by atomic mass is 32.2. The second-order valence-electron chi connectivity index (χ2n) is 5.39. The first-order chi connectivity index (χ1) is 12.0. The van der Waals surface area contributed by atoms with E-state index in [1.54, 1.807) is 24.3 Å². The van der Waals surface area contributed by atoms with Crippen LogP contribution in [0.15, 0.2) is 83.8 Å². The molecule has 0 aromatic heterocycles. The summed E-state index contributed by atoms with van der Waals surface area (Å²) < 4.78 is 54.4. The van der Waals surface area contributed by atoms with E-state index in [4.69, 9.17) is 0 Å². The van der Waals surface area contributed by atoms with Crippen molar-refractivity contribution in [3.8, 4) is 0 Å². The first-order valence-electron chi connectivity index (χ1n) is 7.55. The topological polar surface area (TPSA) is 37.4 Å². The van der Waals surface area contributed by atoms with E-state index in [2.05, 4.69) is 0 Å². The Balaban J connectivity index is 2.09. The van der Waals surface area contributed by atoms with Crippen LogP contribution in [0.2, 0.25) is 0 Å². The van der Waals surface area contributed by atoms with Crippen LogP contribution in [-0.4, -0.2) is 8.42 Å². The minimum atomic E-state index is -3.94. The van der Waals surface area contributed by atoms with Gasteiger partial charge in [-0.1, -0.05) is 36.4 Å². The Morgan fingerprint density at radius 1 is 0.760 bits per heavy atom. The average molecular weight is 359 g/mol. The van der Waals surface area contributed by atoms with E-state index in [1.807, 2.05) is 0 Å². The Bertz CT molecular complexity index is 958. The summed E-state index contributed by atoms with van der Waals surface area (Å²) >= 11 is 0. The van der Waals surface area contributed by atoms with E-state index in [0.29, 0.717) is 0 Å². The molecule has 0 spiro atoms. The van der Waals surface area contributed by atoms with E-state index in [9.17, 15) is 17.2 Å². The molecule has 3 rings (SSSR count). The molecule has 3 aromatic rings. The number of benzene rings is 3. The molecule has 0 heterocycles. The van der Waals surface area contributed by atoms with Crippen molar-refractivity contribution in [2.45, 2.75) is 11.4 Å². The van der Waals surface area contributed by atoms with Gasteiger partial charge in [0, 0.05) is 5.56 Å². The van der Waals surface area contributed by atoms with Crippen molar-refractivity contribution in [2.24, 2.45) is 0 Å². The van der Waals surface area contributed by atoms with Gasteiger partial charge in [0.2, 0.25) is 0 Å². The Hall–Kier alpha value is -2.73. The summed E-state index contributed by atoms with van der Waals surface area (Å²) in [6.07, 6.45) is 0. The predicted octanol–water partition coefficient (Wildman–Crippen LogP) is 4.36. The summed E-state index contributed by atoms with van der Waals surface area (Å²) in [6.45, 7) is -0.199. The Kier molecular flexibility index (Phi) is 4.81. The molecule has 0 amide bonds. The van der Waals surface area contributed by atoms with Gasteiger partial charge in [0.05, 0.1) is 17.1 Å². The monoisotopic (exact) mass is 359 g/mol. The summed E-state index contributed by atoms with van der Waals surface area (Å²) in [6, 6.07) is 18.9. The fraction of sp³-hybridized carbons (Fsp3) is 0.0526. The zero-order valence-electron chi connectivity index (χ0n) is 13.1. The van der Waals surface area contributed by atoms with E-state index in [0.717, 1.165) is 4.31 Å². The van der Waals surface area contributed by atoms with Crippen LogP contribution in [0.25, 0.3) is 0 Å². The van der Waals surface area contributed by atoms with Gasteiger partial charge in [-0.05, 0) is 42.5 Å². The molecule has 0 aliphatic carbocycles. The largest absolute Gasteiger partial charge is 0.264 e. The van der Waals surface area contributed by atoms with Crippen molar-refractivity contribution in [3.63, 3.8) is 0 Å². The molecule has 0 fully saturated rings. The second kappa shape index (κ2) is 7.03. The molecule has 6 heteroatoms. The molecule has 0 bridgehead atoms. The number of nitrogens with zero attached hydrogens (tertiary/aromatic N) is 1. The minimum absolute atomic E-state index is 0.0793. The van der Waals surface area contributed by atoms with Gasteiger partial charge in [0.25, 0.3) is 10.0 Å². The Labute approximate surface area is 145 Å². The van der Waals surface area contributed by atoms with Crippen molar-refractivity contribution in [1.29, 1.82) is 0 Å². The molecule has 25 heavy (non-hydrogen) atoms. The van der Waals surface area contributed by atoms with Gasteiger partial charge in [0.1, 0.15) is 11.6 Å². The maximum Gasteiger partial charge on any atom is 0.264 e. The fourth-order valence-corrected chi connectivity index (χ4v) is 3.89. The van der Waals surface area contributed by atoms with Gasteiger partial charge < -0.3 is 0 Å². The van der Waals surface area contributed by atoms with Gasteiger partial charge in [-0.15, -0.1) is 0 Å². The maximum absolute atomic E-state index is 14.0. The second-order valence-corrected chi connectivity index (χ2v) is 7.25. The lowest BCUT2D eigenvalue weighted by atomic mass is 10.2. The molecule has 0 aliphatic rings. The maximum atomic E-state index is 14.0. The third-order valence-corrected chi connectivity index (χ3v) is 5.51. The van der Waals surface area contributed by atoms with Gasteiger partial charge >= 0.3 is 0 Å². The molecule has 0 radical (unpaired) electrons. The van der Waals surface area contributed by atoms with Gasteiger partial charge in [-0.2, -0.15) is 0 Å².